The highest BCUT2D eigenvalue weighted by Gasteiger charge is 2.31. The van der Waals surface area contributed by atoms with Gasteiger partial charge < -0.3 is 4.74 Å². The van der Waals surface area contributed by atoms with E-state index in [1.807, 2.05) is 0 Å². The average Bonchev–Trinajstić information content (AvgIpc) is 3.16. The van der Waals surface area contributed by atoms with Gasteiger partial charge in [-0.2, -0.15) is 31.4 Å². The molecule has 2 N–H and O–H groups in total. The molecule has 0 unspecified atom stereocenters. The van der Waals surface area contributed by atoms with E-state index in [9.17, 15) is 31.1 Å². The summed E-state index contributed by atoms with van der Waals surface area (Å²) < 4.78 is 83.2. The summed E-state index contributed by atoms with van der Waals surface area (Å²) in [5, 5.41) is 3.94. The third-order valence-corrected chi connectivity index (χ3v) is 4.06. The SMILES string of the molecule is COc1cn(-c2cccc(C(F)(F)F)c2)nc1C(=O)NNc1cccc(C(F)(F)F)c1. The first-order chi connectivity index (χ1) is 14.5. The Morgan fingerprint density at radius 2 is 1.58 bits per heavy atom. The van der Waals surface area contributed by atoms with Crippen LogP contribution in [0.5, 0.6) is 5.75 Å². The van der Waals surface area contributed by atoms with E-state index in [-0.39, 0.29) is 22.8 Å². The fourth-order valence-electron chi connectivity index (χ4n) is 2.58. The second kappa shape index (κ2) is 8.20. The Morgan fingerprint density at radius 3 is 2.19 bits per heavy atom. The molecule has 0 saturated heterocycles. The topological polar surface area (TPSA) is 68.2 Å². The number of halogens is 6. The molecule has 6 nitrogen and oxygen atoms in total. The molecule has 0 atom stereocenters. The van der Waals surface area contributed by atoms with Crippen molar-refractivity contribution in [3.8, 4) is 11.4 Å². The molecule has 0 bridgehead atoms. The highest BCUT2D eigenvalue weighted by Crippen LogP contribution is 2.31. The van der Waals surface area contributed by atoms with Crippen molar-refractivity contribution < 1.29 is 35.9 Å². The minimum atomic E-state index is -4.57. The number of methoxy groups -OCH3 is 1. The van der Waals surface area contributed by atoms with Crippen molar-refractivity contribution >= 4 is 11.6 Å². The van der Waals surface area contributed by atoms with Gasteiger partial charge in [-0.3, -0.25) is 15.6 Å². The van der Waals surface area contributed by atoms with Gasteiger partial charge in [0, 0.05) is 0 Å². The molecule has 1 aromatic heterocycles. The van der Waals surface area contributed by atoms with Crippen LogP contribution in [0, 0.1) is 0 Å². The Labute approximate surface area is 171 Å². The zero-order valence-corrected chi connectivity index (χ0v) is 15.7. The molecule has 0 fully saturated rings. The van der Waals surface area contributed by atoms with E-state index >= 15 is 0 Å². The molecule has 0 aliphatic heterocycles. The summed E-state index contributed by atoms with van der Waals surface area (Å²) in [5.41, 5.74) is 2.38. The molecule has 0 saturated carbocycles. The molecule has 0 aliphatic rings. The van der Waals surface area contributed by atoms with E-state index in [2.05, 4.69) is 16.0 Å². The van der Waals surface area contributed by atoms with Crippen molar-refractivity contribution in [2.75, 3.05) is 12.5 Å². The maximum Gasteiger partial charge on any atom is 0.416 e. The normalized spacial score (nSPS) is 11.8. The minimum absolute atomic E-state index is 0.0259. The van der Waals surface area contributed by atoms with Gasteiger partial charge in [0.25, 0.3) is 5.91 Å². The summed E-state index contributed by atoms with van der Waals surface area (Å²) in [4.78, 5) is 12.4. The zero-order chi connectivity index (χ0) is 22.8. The second-order valence-electron chi connectivity index (χ2n) is 6.20. The Hall–Kier alpha value is -3.70. The molecule has 1 amide bonds. The van der Waals surface area contributed by atoms with Gasteiger partial charge in [-0.1, -0.05) is 12.1 Å². The van der Waals surface area contributed by atoms with Gasteiger partial charge in [0.2, 0.25) is 0 Å². The number of hydrogen-bond acceptors (Lipinski definition) is 4. The van der Waals surface area contributed by atoms with Crippen LogP contribution in [0.25, 0.3) is 5.69 Å². The summed E-state index contributed by atoms with van der Waals surface area (Å²) >= 11 is 0. The quantitative estimate of drug-likeness (QED) is 0.443. The lowest BCUT2D eigenvalue weighted by Crippen LogP contribution is -2.30. The van der Waals surface area contributed by atoms with Gasteiger partial charge in [0.05, 0.1) is 35.8 Å². The number of alkyl halides is 6. The molecule has 0 spiro atoms. The van der Waals surface area contributed by atoms with Crippen molar-refractivity contribution in [2.45, 2.75) is 12.4 Å². The molecular weight excluding hydrogens is 430 g/mol. The molecule has 2 aromatic carbocycles. The average molecular weight is 444 g/mol. The number of carbonyl (C=O) groups is 1. The van der Waals surface area contributed by atoms with Crippen LogP contribution < -0.4 is 15.6 Å². The van der Waals surface area contributed by atoms with E-state index in [0.29, 0.717) is 0 Å². The number of aromatic nitrogens is 2. The van der Waals surface area contributed by atoms with Crippen molar-refractivity contribution in [2.24, 2.45) is 0 Å². The number of ether oxygens (including phenoxy) is 1. The van der Waals surface area contributed by atoms with Crippen LogP contribution in [0.15, 0.2) is 54.7 Å². The number of anilines is 1. The second-order valence-corrected chi connectivity index (χ2v) is 6.20. The van der Waals surface area contributed by atoms with Crippen molar-refractivity contribution in [3.63, 3.8) is 0 Å². The molecule has 0 aliphatic carbocycles. The standard InChI is InChI=1S/C19H14F6N4O2/c1-31-15-10-29(14-7-3-5-12(9-14)19(23,24)25)28-16(15)17(30)27-26-13-6-2-4-11(8-13)18(20,21)22/h2-10,26H,1H3,(H,27,30). The lowest BCUT2D eigenvalue weighted by molar-refractivity contribution is -0.138. The number of hydrogen-bond donors (Lipinski definition) is 2. The molecule has 31 heavy (non-hydrogen) atoms. The lowest BCUT2D eigenvalue weighted by Gasteiger charge is -2.11. The molecule has 3 rings (SSSR count). The number of carbonyl (C=O) groups excluding carboxylic acids is 1. The van der Waals surface area contributed by atoms with Crippen LogP contribution in [0.2, 0.25) is 0 Å². The third-order valence-electron chi connectivity index (χ3n) is 4.06. The van der Waals surface area contributed by atoms with Gasteiger partial charge in [-0.15, -0.1) is 0 Å². The Balaban J connectivity index is 1.81. The molecule has 12 heteroatoms. The Kier molecular flexibility index (Phi) is 5.82. The smallest absolute Gasteiger partial charge is 0.416 e. The van der Waals surface area contributed by atoms with Crippen molar-refractivity contribution in [1.29, 1.82) is 0 Å². The number of rotatable bonds is 5. The monoisotopic (exact) mass is 444 g/mol. The lowest BCUT2D eigenvalue weighted by atomic mass is 10.2. The first-order valence-corrected chi connectivity index (χ1v) is 8.54. The van der Waals surface area contributed by atoms with Gasteiger partial charge in [0.15, 0.2) is 11.4 Å². The van der Waals surface area contributed by atoms with Crippen LogP contribution >= 0.6 is 0 Å². The number of nitrogens with zero attached hydrogens (tertiary/aromatic N) is 2. The first kappa shape index (κ1) is 22.0. The molecule has 3 aromatic rings. The van der Waals surface area contributed by atoms with Crippen LogP contribution in [-0.2, 0) is 12.4 Å². The predicted octanol–water partition coefficient (Wildman–Crippen LogP) is 4.68. The number of amides is 1. The maximum atomic E-state index is 12.9. The number of hydrazine groups is 1. The largest absolute Gasteiger partial charge is 0.493 e. The van der Waals surface area contributed by atoms with E-state index in [1.54, 1.807) is 0 Å². The summed E-state index contributed by atoms with van der Waals surface area (Å²) in [5.74, 6) is -0.930. The summed E-state index contributed by atoms with van der Waals surface area (Å²) in [6.07, 6.45) is -7.92. The van der Waals surface area contributed by atoms with Crippen LogP contribution in [0.1, 0.15) is 21.6 Å². The molecular formula is C19H14F6N4O2. The number of benzene rings is 2. The minimum Gasteiger partial charge on any atom is -0.493 e. The van der Waals surface area contributed by atoms with E-state index in [1.165, 1.54) is 31.5 Å². The highest BCUT2D eigenvalue weighted by molar-refractivity contribution is 5.95. The third kappa shape index (κ3) is 5.08. The van der Waals surface area contributed by atoms with Crippen LogP contribution in [0.4, 0.5) is 32.0 Å². The molecule has 164 valence electrons. The summed E-state index contributed by atoms with van der Waals surface area (Å²) in [7, 11) is 1.23. The highest BCUT2D eigenvalue weighted by atomic mass is 19.4. The summed E-state index contributed by atoms with van der Waals surface area (Å²) in [6, 6.07) is 8.37. The predicted molar refractivity (Wildman–Crippen MR) is 97.7 cm³/mol. The van der Waals surface area contributed by atoms with E-state index < -0.39 is 29.4 Å². The fraction of sp³-hybridized carbons (Fsp3) is 0.158. The van der Waals surface area contributed by atoms with E-state index in [0.717, 1.165) is 35.0 Å². The van der Waals surface area contributed by atoms with Gasteiger partial charge in [-0.05, 0) is 36.4 Å². The van der Waals surface area contributed by atoms with E-state index in [4.69, 9.17) is 4.74 Å². The zero-order valence-electron chi connectivity index (χ0n) is 15.7. The first-order valence-electron chi connectivity index (χ1n) is 8.54. The van der Waals surface area contributed by atoms with Crippen LogP contribution in [0.3, 0.4) is 0 Å². The fourth-order valence-corrected chi connectivity index (χ4v) is 2.58. The van der Waals surface area contributed by atoms with Gasteiger partial charge >= 0.3 is 12.4 Å². The van der Waals surface area contributed by atoms with Crippen LogP contribution in [-0.4, -0.2) is 22.8 Å². The number of nitrogens with one attached hydrogen (secondary N) is 2. The summed E-state index contributed by atoms with van der Waals surface area (Å²) in [6.45, 7) is 0. The van der Waals surface area contributed by atoms with Gasteiger partial charge in [0.1, 0.15) is 0 Å². The molecule has 0 radical (unpaired) electrons. The van der Waals surface area contributed by atoms with Crippen molar-refractivity contribution in [3.05, 3.63) is 71.5 Å². The Bertz CT molecular complexity index is 1090. The van der Waals surface area contributed by atoms with Crippen molar-refractivity contribution in [1.82, 2.24) is 15.2 Å². The molecule has 1 heterocycles. The van der Waals surface area contributed by atoms with Gasteiger partial charge in [-0.25, -0.2) is 4.68 Å². The maximum absolute atomic E-state index is 12.9. The Morgan fingerprint density at radius 1 is 0.968 bits per heavy atom.